The van der Waals surface area contributed by atoms with Crippen molar-refractivity contribution in [2.75, 3.05) is 6.61 Å². The van der Waals surface area contributed by atoms with Crippen molar-refractivity contribution in [3.8, 4) is 11.8 Å². The monoisotopic (exact) mass is 460 g/mol. The third kappa shape index (κ3) is 8.32. The molecule has 7 atom stereocenters. The summed E-state index contributed by atoms with van der Waals surface area (Å²) < 4.78 is 9.95. The van der Waals surface area contributed by atoms with Gasteiger partial charge in [-0.2, -0.15) is 0 Å². The van der Waals surface area contributed by atoms with Gasteiger partial charge in [-0.3, -0.25) is 4.79 Å². The van der Waals surface area contributed by atoms with Crippen LogP contribution in [0.1, 0.15) is 72.6 Å². The lowest BCUT2D eigenvalue weighted by Gasteiger charge is -2.19. The molecule has 0 aliphatic heterocycles. The minimum absolute atomic E-state index is 0.0639. The lowest BCUT2D eigenvalue weighted by Crippen LogP contribution is -2.26. The Morgan fingerprint density at radius 1 is 1.27 bits per heavy atom. The van der Waals surface area contributed by atoms with E-state index < -0.39 is 18.2 Å². The number of esters is 2. The molecule has 33 heavy (non-hydrogen) atoms. The van der Waals surface area contributed by atoms with Gasteiger partial charge < -0.3 is 19.7 Å². The van der Waals surface area contributed by atoms with Gasteiger partial charge in [0.15, 0.2) is 6.10 Å². The molecule has 0 amide bonds. The summed E-state index contributed by atoms with van der Waals surface area (Å²) in [5.74, 6) is 5.96. The topological polar surface area (TPSA) is 93.1 Å². The molecule has 1 unspecified atom stereocenters. The quantitative estimate of drug-likeness (QED) is 0.210. The zero-order chi connectivity index (χ0) is 24.4. The summed E-state index contributed by atoms with van der Waals surface area (Å²) in [6, 6.07) is 0. The Morgan fingerprint density at radius 3 is 2.73 bits per heavy atom. The van der Waals surface area contributed by atoms with Crippen molar-refractivity contribution in [2.24, 2.45) is 23.7 Å². The van der Waals surface area contributed by atoms with Crippen molar-refractivity contribution >= 4 is 11.9 Å². The molecule has 184 valence electrons. The fourth-order valence-corrected chi connectivity index (χ4v) is 4.87. The second-order valence-electron chi connectivity index (χ2n) is 9.33. The summed E-state index contributed by atoms with van der Waals surface area (Å²) in [5.41, 5.74) is 1.38. The molecule has 2 rings (SSSR count). The lowest BCUT2D eigenvalue weighted by molar-refractivity contribution is -0.166. The van der Waals surface area contributed by atoms with Crippen molar-refractivity contribution < 1.29 is 29.3 Å². The molecule has 2 fully saturated rings. The smallest absolute Gasteiger partial charge is 0.347 e. The Morgan fingerprint density at radius 2 is 2.03 bits per heavy atom. The standard InChI is InChI=1S/C27H40O6/c1-5-7-10-18(3)24(28)14-13-22-23-16-20(15-21(23)17-25(22)29)11-8-9-12-26(30)33-19(4)27(31)32-6-2/h11,13-14,18-19,21-25,28-29H,6,8-10,12,15-17H2,1-4H3/b14-13+,20-11+/t18?,19-,21+,22-,23+,24-,25-/m1/s1. The molecule has 2 aliphatic rings. The Bertz CT molecular complexity index is 773. The molecule has 0 bridgehead atoms. The molecule has 2 aliphatic carbocycles. The Balaban J connectivity index is 1.78. The summed E-state index contributed by atoms with van der Waals surface area (Å²) in [6.45, 7) is 7.28. The van der Waals surface area contributed by atoms with Crippen molar-refractivity contribution in [1.29, 1.82) is 0 Å². The van der Waals surface area contributed by atoms with Crippen LogP contribution in [-0.2, 0) is 19.1 Å². The van der Waals surface area contributed by atoms with Crippen molar-refractivity contribution in [3.05, 3.63) is 23.8 Å². The van der Waals surface area contributed by atoms with Gasteiger partial charge in [0.2, 0.25) is 0 Å². The second-order valence-corrected chi connectivity index (χ2v) is 9.33. The summed E-state index contributed by atoms with van der Waals surface area (Å²) >= 11 is 0. The molecule has 0 aromatic heterocycles. The predicted octanol–water partition coefficient (Wildman–Crippen LogP) is 3.95. The third-order valence-electron chi connectivity index (χ3n) is 6.77. The fraction of sp³-hybridized carbons (Fsp3) is 0.704. The number of aliphatic hydroxyl groups excluding tert-OH is 2. The van der Waals surface area contributed by atoms with Crippen LogP contribution in [0.4, 0.5) is 0 Å². The van der Waals surface area contributed by atoms with Crippen LogP contribution in [0.15, 0.2) is 23.8 Å². The molecule has 2 saturated carbocycles. The van der Waals surface area contributed by atoms with E-state index in [4.69, 9.17) is 9.47 Å². The molecule has 0 aromatic rings. The van der Waals surface area contributed by atoms with Gasteiger partial charge in [0.05, 0.1) is 18.8 Å². The van der Waals surface area contributed by atoms with Gasteiger partial charge in [0, 0.05) is 18.8 Å². The van der Waals surface area contributed by atoms with Crippen LogP contribution in [0, 0.1) is 35.5 Å². The van der Waals surface area contributed by atoms with E-state index in [1.165, 1.54) is 12.5 Å². The summed E-state index contributed by atoms with van der Waals surface area (Å²) in [4.78, 5) is 23.5. The zero-order valence-corrected chi connectivity index (χ0v) is 20.5. The molecule has 0 radical (unpaired) electrons. The fourth-order valence-electron chi connectivity index (χ4n) is 4.87. The van der Waals surface area contributed by atoms with Gasteiger partial charge in [-0.05, 0) is 70.6 Å². The minimum Gasteiger partial charge on any atom is -0.463 e. The first-order chi connectivity index (χ1) is 15.8. The van der Waals surface area contributed by atoms with Crippen LogP contribution >= 0.6 is 0 Å². The molecular formula is C27H40O6. The number of rotatable bonds is 11. The highest BCUT2D eigenvalue weighted by molar-refractivity contribution is 5.78. The molecule has 0 aromatic carbocycles. The first kappa shape index (κ1) is 27.1. The van der Waals surface area contributed by atoms with E-state index in [0.717, 1.165) is 25.7 Å². The normalized spacial score (nSPS) is 28.1. The number of allylic oxidation sites excluding steroid dienone is 2. The first-order valence-electron chi connectivity index (χ1n) is 12.2. The maximum absolute atomic E-state index is 11.9. The molecule has 0 spiro atoms. The molecule has 0 heterocycles. The van der Waals surface area contributed by atoms with E-state index in [1.54, 1.807) is 13.8 Å². The molecule has 6 heteroatoms. The van der Waals surface area contributed by atoms with Crippen LogP contribution in [0.2, 0.25) is 0 Å². The van der Waals surface area contributed by atoms with Crippen molar-refractivity contribution in [3.63, 3.8) is 0 Å². The number of carbonyl (C=O) groups excluding carboxylic acids is 2. The van der Waals surface area contributed by atoms with Crippen LogP contribution in [0.3, 0.4) is 0 Å². The average molecular weight is 461 g/mol. The summed E-state index contributed by atoms with van der Waals surface area (Å²) in [6.07, 6.45) is 9.40. The predicted molar refractivity (Wildman–Crippen MR) is 127 cm³/mol. The Kier molecular flexibility index (Phi) is 11.2. The minimum atomic E-state index is -0.873. The van der Waals surface area contributed by atoms with E-state index in [-0.39, 0.29) is 36.9 Å². The van der Waals surface area contributed by atoms with Crippen LogP contribution in [0.25, 0.3) is 0 Å². The molecule has 0 saturated heterocycles. The van der Waals surface area contributed by atoms with Crippen LogP contribution in [-0.4, -0.2) is 47.1 Å². The van der Waals surface area contributed by atoms with E-state index in [1.807, 2.05) is 19.1 Å². The SMILES string of the molecule is CC#CCC(C)[C@H](O)/C=C/[C@@H]1[C@H]2C/C(=C/CCCC(=O)O[C@H](C)C(=O)OCC)C[C@H]2C[C@H]1O. The first-order valence-corrected chi connectivity index (χ1v) is 12.2. The lowest BCUT2D eigenvalue weighted by atomic mass is 9.89. The summed E-state index contributed by atoms with van der Waals surface area (Å²) in [7, 11) is 0. The maximum atomic E-state index is 11.9. The number of aliphatic hydroxyl groups is 2. The number of unbranched alkanes of at least 4 members (excludes halogenated alkanes) is 1. The largest absolute Gasteiger partial charge is 0.463 e. The van der Waals surface area contributed by atoms with Crippen LogP contribution in [0.5, 0.6) is 0 Å². The highest BCUT2D eigenvalue weighted by atomic mass is 16.6. The molecular weight excluding hydrogens is 420 g/mol. The zero-order valence-electron chi connectivity index (χ0n) is 20.5. The number of ether oxygens (including phenoxy) is 2. The van der Waals surface area contributed by atoms with Crippen molar-refractivity contribution in [2.45, 2.75) is 91.0 Å². The maximum Gasteiger partial charge on any atom is 0.347 e. The van der Waals surface area contributed by atoms with Gasteiger partial charge in [0.1, 0.15) is 0 Å². The number of fused-ring (bicyclic) bond motifs is 1. The number of hydrogen-bond donors (Lipinski definition) is 2. The average Bonchev–Trinajstić information content (AvgIpc) is 3.29. The molecule has 6 nitrogen and oxygen atoms in total. The second kappa shape index (κ2) is 13.6. The third-order valence-corrected chi connectivity index (χ3v) is 6.77. The summed E-state index contributed by atoms with van der Waals surface area (Å²) in [5, 5.41) is 20.9. The van der Waals surface area contributed by atoms with E-state index in [9.17, 15) is 19.8 Å². The van der Waals surface area contributed by atoms with Gasteiger partial charge in [0.25, 0.3) is 0 Å². The Hall–Kier alpha value is -2.10. The van der Waals surface area contributed by atoms with Crippen molar-refractivity contribution in [1.82, 2.24) is 0 Å². The number of carbonyl (C=O) groups is 2. The number of hydrogen-bond acceptors (Lipinski definition) is 6. The van der Waals surface area contributed by atoms with Gasteiger partial charge in [-0.15, -0.1) is 11.8 Å². The van der Waals surface area contributed by atoms with Gasteiger partial charge >= 0.3 is 11.9 Å². The highest BCUT2D eigenvalue weighted by Crippen LogP contribution is 2.50. The van der Waals surface area contributed by atoms with E-state index >= 15 is 0 Å². The Labute approximate surface area is 198 Å². The van der Waals surface area contributed by atoms with E-state index in [0.29, 0.717) is 24.7 Å². The van der Waals surface area contributed by atoms with Gasteiger partial charge in [-0.25, -0.2) is 4.79 Å². The van der Waals surface area contributed by atoms with Gasteiger partial charge in [-0.1, -0.05) is 30.7 Å². The van der Waals surface area contributed by atoms with Crippen LogP contribution < -0.4 is 0 Å². The van der Waals surface area contributed by atoms with E-state index in [2.05, 4.69) is 17.9 Å². The highest BCUT2D eigenvalue weighted by Gasteiger charge is 2.45. The molecule has 2 N–H and O–H groups in total.